The number of nitrogens with zero attached hydrogens (tertiary/aromatic N) is 1. The summed E-state index contributed by atoms with van der Waals surface area (Å²) in [5.41, 5.74) is 10.9. The van der Waals surface area contributed by atoms with Gasteiger partial charge in [0.1, 0.15) is 17.3 Å². The van der Waals surface area contributed by atoms with Gasteiger partial charge in [-0.3, -0.25) is 0 Å². The smallest absolute Gasteiger partial charge is 0.147 e. The molecule has 0 aliphatic rings. The second-order valence-electron chi connectivity index (χ2n) is 6.00. The first kappa shape index (κ1) is 17.6. The molecule has 0 radical (unpaired) electrons. The van der Waals surface area contributed by atoms with E-state index in [2.05, 4.69) is 22.4 Å². The SMILES string of the molecule is COc1cccc(-c2ccc(OC)c(CNc3ccc(C)nc3N)c2)c1. The first-order chi connectivity index (χ1) is 12.6. The summed E-state index contributed by atoms with van der Waals surface area (Å²) in [7, 11) is 3.34. The van der Waals surface area contributed by atoms with Crippen LogP contribution in [0.5, 0.6) is 11.5 Å². The second-order valence-corrected chi connectivity index (χ2v) is 6.00. The molecule has 0 saturated heterocycles. The van der Waals surface area contributed by atoms with Crippen molar-refractivity contribution in [3.05, 3.63) is 65.9 Å². The van der Waals surface area contributed by atoms with Crippen LogP contribution in [0.2, 0.25) is 0 Å². The van der Waals surface area contributed by atoms with Crippen LogP contribution >= 0.6 is 0 Å². The molecule has 0 atom stereocenters. The molecule has 26 heavy (non-hydrogen) atoms. The number of rotatable bonds is 6. The summed E-state index contributed by atoms with van der Waals surface area (Å²) in [5, 5.41) is 3.34. The number of anilines is 2. The molecule has 2 aromatic carbocycles. The molecule has 3 N–H and O–H groups in total. The molecule has 0 saturated carbocycles. The monoisotopic (exact) mass is 349 g/mol. The minimum Gasteiger partial charge on any atom is -0.497 e. The van der Waals surface area contributed by atoms with E-state index in [0.29, 0.717) is 12.4 Å². The third kappa shape index (κ3) is 3.88. The largest absolute Gasteiger partial charge is 0.497 e. The van der Waals surface area contributed by atoms with Gasteiger partial charge in [0.25, 0.3) is 0 Å². The fraction of sp³-hybridized carbons (Fsp3) is 0.190. The molecule has 0 bridgehead atoms. The second kappa shape index (κ2) is 7.78. The van der Waals surface area contributed by atoms with Crippen LogP contribution in [0.1, 0.15) is 11.3 Å². The van der Waals surface area contributed by atoms with Gasteiger partial charge in [-0.05, 0) is 54.4 Å². The van der Waals surface area contributed by atoms with Crippen molar-refractivity contribution in [1.82, 2.24) is 4.98 Å². The van der Waals surface area contributed by atoms with Gasteiger partial charge < -0.3 is 20.5 Å². The van der Waals surface area contributed by atoms with Crippen molar-refractivity contribution in [1.29, 1.82) is 0 Å². The van der Waals surface area contributed by atoms with E-state index in [9.17, 15) is 0 Å². The number of aryl methyl sites for hydroxylation is 1. The van der Waals surface area contributed by atoms with Gasteiger partial charge in [-0.25, -0.2) is 4.98 Å². The topological polar surface area (TPSA) is 69.4 Å². The summed E-state index contributed by atoms with van der Waals surface area (Å²) in [6, 6.07) is 18.0. The number of aromatic nitrogens is 1. The highest BCUT2D eigenvalue weighted by Crippen LogP contribution is 2.29. The van der Waals surface area contributed by atoms with E-state index in [-0.39, 0.29) is 0 Å². The number of methoxy groups -OCH3 is 2. The summed E-state index contributed by atoms with van der Waals surface area (Å²) in [4.78, 5) is 4.28. The first-order valence-electron chi connectivity index (χ1n) is 8.39. The van der Waals surface area contributed by atoms with Gasteiger partial charge >= 0.3 is 0 Å². The van der Waals surface area contributed by atoms with Crippen LogP contribution < -0.4 is 20.5 Å². The third-order valence-corrected chi connectivity index (χ3v) is 4.22. The van der Waals surface area contributed by atoms with Gasteiger partial charge in [0.15, 0.2) is 0 Å². The molecule has 0 aliphatic carbocycles. The van der Waals surface area contributed by atoms with Crippen LogP contribution in [-0.4, -0.2) is 19.2 Å². The summed E-state index contributed by atoms with van der Waals surface area (Å²) >= 11 is 0. The van der Waals surface area contributed by atoms with Gasteiger partial charge in [0.05, 0.1) is 19.9 Å². The number of hydrogen-bond donors (Lipinski definition) is 2. The number of nitrogen functional groups attached to an aromatic ring is 1. The molecule has 0 amide bonds. The molecule has 134 valence electrons. The fourth-order valence-electron chi connectivity index (χ4n) is 2.82. The Kier molecular flexibility index (Phi) is 5.27. The molecule has 5 heteroatoms. The van der Waals surface area contributed by atoms with E-state index >= 15 is 0 Å². The highest BCUT2D eigenvalue weighted by Gasteiger charge is 2.08. The summed E-state index contributed by atoms with van der Waals surface area (Å²) < 4.78 is 10.8. The molecule has 5 nitrogen and oxygen atoms in total. The van der Waals surface area contributed by atoms with Crippen molar-refractivity contribution >= 4 is 11.5 Å². The van der Waals surface area contributed by atoms with Crippen LogP contribution in [0.4, 0.5) is 11.5 Å². The van der Waals surface area contributed by atoms with Crippen LogP contribution in [0.25, 0.3) is 11.1 Å². The average molecular weight is 349 g/mol. The number of pyridine rings is 1. The van der Waals surface area contributed by atoms with Gasteiger partial charge in [0.2, 0.25) is 0 Å². The Labute approximate surface area is 153 Å². The third-order valence-electron chi connectivity index (χ3n) is 4.22. The maximum atomic E-state index is 5.99. The number of benzene rings is 2. The fourth-order valence-corrected chi connectivity index (χ4v) is 2.82. The van der Waals surface area contributed by atoms with Crippen LogP contribution in [0, 0.1) is 6.92 Å². The Bertz CT molecular complexity index is 910. The summed E-state index contributed by atoms with van der Waals surface area (Å²) in [6.07, 6.45) is 0. The Hall–Kier alpha value is -3.21. The van der Waals surface area contributed by atoms with Crippen LogP contribution in [0.3, 0.4) is 0 Å². The van der Waals surface area contributed by atoms with Crippen molar-refractivity contribution in [2.24, 2.45) is 0 Å². The van der Waals surface area contributed by atoms with Gasteiger partial charge in [-0.2, -0.15) is 0 Å². The van der Waals surface area contributed by atoms with E-state index in [1.54, 1.807) is 14.2 Å². The number of nitrogens with one attached hydrogen (secondary N) is 1. The molecule has 1 aromatic heterocycles. The zero-order valence-corrected chi connectivity index (χ0v) is 15.2. The minimum absolute atomic E-state index is 0.493. The highest BCUT2D eigenvalue weighted by atomic mass is 16.5. The van der Waals surface area contributed by atoms with Crippen molar-refractivity contribution in [2.75, 3.05) is 25.3 Å². The summed E-state index contributed by atoms with van der Waals surface area (Å²) in [5.74, 6) is 2.15. The lowest BCUT2D eigenvalue weighted by molar-refractivity contribution is 0.410. The zero-order chi connectivity index (χ0) is 18.5. The standard InChI is InChI=1S/C21H23N3O2/c1-14-7-9-19(21(22)24-14)23-13-17-11-16(8-10-20(17)26-3)15-5-4-6-18(12-15)25-2/h4-12,23H,13H2,1-3H3,(H2,22,24). The van der Waals surface area contributed by atoms with E-state index in [0.717, 1.165) is 39.6 Å². The number of nitrogens with two attached hydrogens (primary N) is 1. The molecular weight excluding hydrogens is 326 g/mol. The lowest BCUT2D eigenvalue weighted by atomic mass is 10.0. The quantitative estimate of drug-likeness (QED) is 0.695. The molecule has 3 rings (SSSR count). The van der Waals surface area contributed by atoms with Crippen LogP contribution in [0.15, 0.2) is 54.6 Å². The van der Waals surface area contributed by atoms with Gasteiger partial charge in [-0.1, -0.05) is 18.2 Å². The summed E-state index contributed by atoms with van der Waals surface area (Å²) in [6.45, 7) is 2.50. The van der Waals surface area contributed by atoms with E-state index < -0.39 is 0 Å². The maximum Gasteiger partial charge on any atom is 0.147 e. The Morgan fingerprint density at radius 1 is 0.962 bits per heavy atom. The lowest BCUT2D eigenvalue weighted by Gasteiger charge is -2.14. The molecule has 0 unspecified atom stereocenters. The maximum absolute atomic E-state index is 5.99. The van der Waals surface area contributed by atoms with Crippen LogP contribution in [-0.2, 0) is 6.54 Å². The van der Waals surface area contributed by atoms with Crippen molar-refractivity contribution in [2.45, 2.75) is 13.5 Å². The van der Waals surface area contributed by atoms with Gasteiger partial charge in [-0.15, -0.1) is 0 Å². The Morgan fingerprint density at radius 3 is 2.50 bits per heavy atom. The lowest BCUT2D eigenvalue weighted by Crippen LogP contribution is -2.06. The molecule has 1 heterocycles. The molecule has 0 spiro atoms. The van der Waals surface area contributed by atoms with Crippen molar-refractivity contribution < 1.29 is 9.47 Å². The molecular formula is C21H23N3O2. The minimum atomic E-state index is 0.493. The van der Waals surface area contributed by atoms with E-state index in [1.165, 1.54) is 0 Å². The first-order valence-corrected chi connectivity index (χ1v) is 8.39. The number of hydrogen-bond acceptors (Lipinski definition) is 5. The Balaban J connectivity index is 1.87. The number of ether oxygens (including phenoxy) is 2. The highest BCUT2D eigenvalue weighted by molar-refractivity contribution is 5.68. The Morgan fingerprint density at radius 2 is 1.77 bits per heavy atom. The zero-order valence-electron chi connectivity index (χ0n) is 15.2. The van der Waals surface area contributed by atoms with Crippen molar-refractivity contribution in [3.8, 4) is 22.6 Å². The predicted octanol–water partition coefficient (Wildman–Crippen LogP) is 4.27. The molecule has 0 fully saturated rings. The average Bonchev–Trinajstić information content (AvgIpc) is 2.67. The molecule has 3 aromatic rings. The van der Waals surface area contributed by atoms with E-state index in [1.807, 2.05) is 49.4 Å². The molecule has 0 aliphatic heterocycles. The van der Waals surface area contributed by atoms with Crippen molar-refractivity contribution in [3.63, 3.8) is 0 Å². The normalized spacial score (nSPS) is 10.4. The predicted molar refractivity (Wildman–Crippen MR) is 106 cm³/mol. The van der Waals surface area contributed by atoms with Gasteiger partial charge in [0, 0.05) is 17.8 Å². The van der Waals surface area contributed by atoms with E-state index in [4.69, 9.17) is 15.2 Å².